The maximum atomic E-state index is 12.3. The average molecular weight is 320 g/mol. The van der Waals surface area contributed by atoms with Crippen molar-refractivity contribution in [1.82, 2.24) is 0 Å². The van der Waals surface area contributed by atoms with E-state index in [9.17, 15) is 9.59 Å². The maximum Gasteiger partial charge on any atom is 0.308 e. The molecule has 0 amide bonds. The van der Waals surface area contributed by atoms with Gasteiger partial charge >= 0.3 is 5.97 Å². The molecule has 2 aliphatic carbocycles. The molecule has 0 spiro atoms. The van der Waals surface area contributed by atoms with E-state index in [1.54, 1.807) is 0 Å². The lowest BCUT2D eigenvalue weighted by atomic mass is 9.60. The van der Waals surface area contributed by atoms with Crippen LogP contribution in [0.2, 0.25) is 0 Å². The predicted octanol–water partition coefficient (Wildman–Crippen LogP) is 4.26. The molecule has 0 heterocycles. The number of aldehydes is 1. The number of esters is 1. The molecule has 0 bridgehead atoms. The first kappa shape index (κ1) is 18.2. The van der Waals surface area contributed by atoms with Crippen molar-refractivity contribution < 1.29 is 14.3 Å². The highest BCUT2D eigenvalue weighted by atomic mass is 16.5. The van der Waals surface area contributed by atoms with Crippen LogP contribution >= 0.6 is 0 Å². The molecule has 3 nitrogen and oxygen atoms in total. The molecule has 0 unspecified atom stereocenters. The van der Waals surface area contributed by atoms with Crippen molar-refractivity contribution in [2.75, 3.05) is 0 Å². The summed E-state index contributed by atoms with van der Waals surface area (Å²) in [6.07, 6.45) is 8.28. The Bertz CT molecular complexity index is 454. The Kier molecular flexibility index (Phi) is 6.05. The molecule has 0 saturated heterocycles. The van der Waals surface area contributed by atoms with E-state index in [1.807, 2.05) is 13.8 Å². The molecule has 0 aromatic heterocycles. The van der Waals surface area contributed by atoms with Crippen LogP contribution in [0.3, 0.4) is 0 Å². The van der Waals surface area contributed by atoms with E-state index in [2.05, 4.69) is 32.9 Å². The Morgan fingerprint density at radius 1 is 1.26 bits per heavy atom. The van der Waals surface area contributed by atoms with Crippen LogP contribution in [0.1, 0.15) is 53.9 Å². The number of hydrogen-bond donors (Lipinski definition) is 0. The van der Waals surface area contributed by atoms with Crippen molar-refractivity contribution in [2.45, 2.75) is 60.0 Å². The summed E-state index contributed by atoms with van der Waals surface area (Å²) < 4.78 is 5.91. The zero-order valence-corrected chi connectivity index (χ0v) is 15.2. The van der Waals surface area contributed by atoms with E-state index in [0.717, 1.165) is 25.5 Å². The van der Waals surface area contributed by atoms with Crippen LogP contribution in [0.25, 0.3) is 0 Å². The molecule has 1 saturated carbocycles. The number of fused-ring (bicyclic) bond motifs is 1. The Labute approximate surface area is 140 Å². The van der Waals surface area contributed by atoms with Crippen LogP contribution in [0, 0.1) is 41.4 Å². The number of hydrogen-bond acceptors (Lipinski definition) is 3. The fraction of sp³-hybridized carbons (Fsp3) is 0.800. The summed E-state index contributed by atoms with van der Waals surface area (Å²) in [5.74, 6) is 1.50. The quantitative estimate of drug-likeness (QED) is 0.432. The van der Waals surface area contributed by atoms with Gasteiger partial charge in [-0.2, -0.15) is 0 Å². The third kappa shape index (κ3) is 3.87. The molecular weight excluding hydrogens is 288 g/mol. The van der Waals surface area contributed by atoms with E-state index in [0.29, 0.717) is 17.8 Å². The molecule has 2 rings (SSSR count). The molecule has 23 heavy (non-hydrogen) atoms. The lowest BCUT2D eigenvalue weighted by molar-refractivity contribution is -0.164. The Morgan fingerprint density at radius 3 is 2.52 bits per heavy atom. The van der Waals surface area contributed by atoms with Crippen LogP contribution in [-0.4, -0.2) is 18.4 Å². The van der Waals surface area contributed by atoms with Crippen LogP contribution in [0.15, 0.2) is 12.2 Å². The molecule has 1 fully saturated rings. The largest absolute Gasteiger partial charge is 0.462 e. The van der Waals surface area contributed by atoms with E-state index in [-0.39, 0.29) is 35.7 Å². The molecule has 7 atom stereocenters. The molecule has 130 valence electrons. The fourth-order valence-corrected chi connectivity index (χ4v) is 4.35. The molecule has 2 aliphatic rings. The maximum absolute atomic E-state index is 12.3. The first-order valence-electron chi connectivity index (χ1n) is 9.23. The average Bonchev–Trinajstić information content (AvgIpc) is 2.52. The summed E-state index contributed by atoms with van der Waals surface area (Å²) in [6, 6.07) is 0. The Morgan fingerprint density at radius 2 is 1.96 bits per heavy atom. The highest BCUT2D eigenvalue weighted by Crippen LogP contribution is 2.47. The molecule has 0 radical (unpaired) electrons. The van der Waals surface area contributed by atoms with Gasteiger partial charge in [0.15, 0.2) is 0 Å². The van der Waals surface area contributed by atoms with E-state index in [1.165, 1.54) is 0 Å². The molecule has 0 aromatic carbocycles. The first-order chi connectivity index (χ1) is 10.9. The molecule has 0 N–H and O–H groups in total. The Hall–Kier alpha value is -1.12. The summed E-state index contributed by atoms with van der Waals surface area (Å²) in [4.78, 5) is 24.2. The van der Waals surface area contributed by atoms with Crippen molar-refractivity contribution in [3.05, 3.63) is 12.2 Å². The third-order valence-electron chi connectivity index (χ3n) is 5.91. The predicted molar refractivity (Wildman–Crippen MR) is 91.7 cm³/mol. The van der Waals surface area contributed by atoms with Gasteiger partial charge in [0.2, 0.25) is 0 Å². The lowest BCUT2D eigenvalue weighted by Gasteiger charge is -2.47. The number of rotatable bonds is 5. The van der Waals surface area contributed by atoms with Crippen LogP contribution in [0.5, 0.6) is 0 Å². The van der Waals surface area contributed by atoms with E-state index in [4.69, 9.17) is 4.74 Å². The summed E-state index contributed by atoms with van der Waals surface area (Å²) in [7, 11) is 0. The number of ether oxygens (including phenoxy) is 1. The van der Waals surface area contributed by atoms with Gasteiger partial charge in [-0.3, -0.25) is 4.79 Å². The third-order valence-corrected chi connectivity index (χ3v) is 5.91. The Balaban J connectivity index is 2.25. The monoisotopic (exact) mass is 320 g/mol. The molecule has 0 aromatic rings. The SMILES string of the molecule is CC[C@H](C)C(=O)O[C@H]1C[C@@H](C)C[C@@H]2C=C[C@H](C(C)C)[C@H](C=O)[C@@H]12. The summed E-state index contributed by atoms with van der Waals surface area (Å²) in [5.41, 5.74) is 0. The van der Waals surface area contributed by atoms with Gasteiger partial charge in [0.1, 0.15) is 12.4 Å². The van der Waals surface area contributed by atoms with Crippen molar-refractivity contribution >= 4 is 12.3 Å². The van der Waals surface area contributed by atoms with Crippen molar-refractivity contribution in [2.24, 2.45) is 41.4 Å². The normalized spacial score (nSPS) is 38.0. The highest BCUT2D eigenvalue weighted by Gasteiger charge is 2.46. The second kappa shape index (κ2) is 7.63. The van der Waals surface area contributed by atoms with Gasteiger partial charge in [0, 0.05) is 11.8 Å². The molecule has 3 heteroatoms. The molecular formula is C20H32O3. The standard InChI is InChI=1S/C20H32O3/c1-6-14(5)20(22)23-18-10-13(4)9-15-7-8-16(12(2)3)17(11-21)19(15)18/h7-8,11-19H,6,9-10H2,1-5H3/t13-,14-,15-,16+,17-,18-,19-/m0/s1. The van der Waals surface area contributed by atoms with E-state index < -0.39 is 0 Å². The minimum atomic E-state index is -0.119. The smallest absolute Gasteiger partial charge is 0.308 e. The van der Waals surface area contributed by atoms with Crippen molar-refractivity contribution in [3.8, 4) is 0 Å². The van der Waals surface area contributed by atoms with Gasteiger partial charge in [0.05, 0.1) is 5.92 Å². The zero-order valence-electron chi connectivity index (χ0n) is 15.2. The topological polar surface area (TPSA) is 43.4 Å². The van der Waals surface area contributed by atoms with Gasteiger partial charge in [-0.05, 0) is 42.9 Å². The van der Waals surface area contributed by atoms with Gasteiger partial charge in [0.25, 0.3) is 0 Å². The number of carbonyl (C=O) groups is 2. The van der Waals surface area contributed by atoms with Crippen molar-refractivity contribution in [1.29, 1.82) is 0 Å². The number of allylic oxidation sites excluding steroid dienone is 2. The van der Waals surface area contributed by atoms with Gasteiger partial charge in [-0.15, -0.1) is 0 Å². The van der Waals surface area contributed by atoms with Gasteiger partial charge < -0.3 is 9.53 Å². The van der Waals surface area contributed by atoms with Crippen LogP contribution in [0.4, 0.5) is 0 Å². The van der Waals surface area contributed by atoms with Crippen molar-refractivity contribution in [3.63, 3.8) is 0 Å². The van der Waals surface area contributed by atoms with Crippen LogP contribution in [-0.2, 0) is 14.3 Å². The minimum absolute atomic E-state index is 0.0350. The van der Waals surface area contributed by atoms with Gasteiger partial charge in [-0.25, -0.2) is 0 Å². The second-order valence-electron chi connectivity index (χ2n) is 8.02. The summed E-state index contributed by atoms with van der Waals surface area (Å²) in [6.45, 7) is 10.5. The molecule has 0 aliphatic heterocycles. The number of carbonyl (C=O) groups excluding carboxylic acids is 2. The van der Waals surface area contributed by atoms with Gasteiger partial charge in [-0.1, -0.05) is 46.8 Å². The first-order valence-corrected chi connectivity index (χ1v) is 9.23. The summed E-state index contributed by atoms with van der Waals surface area (Å²) in [5, 5.41) is 0. The lowest BCUT2D eigenvalue weighted by Crippen LogP contribution is -2.47. The zero-order chi connectivity index (χ0) is 17.1. The second-order valence-corrected chi connectivity index (χ2v) is 8.02. The fourth-order valence-electron chi connectivity index (χ4n) is 4.35. The van der Waals surface area contributed by atoms with Crippen LogP contribution < -0.4 is 0 Å². The van der Waals surface area contributed by atoms with E-state index >= 15 is 0 Å². The minimum Gasteiger partial charge on any atom is -0.462 e. The summed E-state index contributed by atoms with van der Waals surface area (Å²) >= 11 is 0. The highest BCUT2D eigenvalue weighted by molar-refractivity contribution is 5.72.